The zero-order chi connectivity index (χ0) is 14.7. The van der Waals surface area contributed by atoms with Crippen molar-refractivity contribution < 1.29 is 4.74 Å². The largest absolute Gasteiger partial charge is 0.375 e. The van der Waals surface area contributed by atoms with Crippen LogP contribution in [0.5, 0.6) is 0 Å². The van der Waals surface area contributed by atoms with Crippen LogP contribution in [0, 0.1) is 0 Å². The average molecular weight is 284 g/mol. The molecule has 3 nitrogen and oxygen atoms in total. The zero-order valence-electron chi connectivity index (χ0n) is 12.9. The van der Waals surface area contributed by atoms with Crippen LogP contribution < -0.4 is 5.32 Å². The molecule has 3 heteroatoms. The lowest BCUT2D eigenvalue weighted by molar-refractivity contribution is -0.0419. The summed E-state index contributed by atoms with van der Waals surface area (Å²) in [5.41, 5.74) is 2.46. The van der Waals surface area contributed by atoms with Crippen molar-refractivity contribution in [3.63, 3.8) is 0 Å². The van der Waals surface area contributed by atoms with Crippen LogP contribution in [0.3, 0.4) is 0 Å². The lowest BCUT2D eigenvalue weighted by atomic mass is 9.99. The van der Waals surface area contributed by atoms with Crippen molar-refractivity contribution in [1.82, 2.24) is 10.3 Å². The summed E-state index contributed by atoms with van der Waals surface area (Å²) in [5, 5.41) is 4.91. The Kier molecular flexibility index (Phi) is 4.51. The Hall–Kier alpha value is -1.45. The molecule has 2 unspecified atom stereocenters. The number of hydrogen-bond acceptors (Lipinski definition) is 3. The Morgan fingerprint density at radius 3 is 2.71 bits per heavy atom. The zero-order valence-corrected chi connectivity index (χ0v) is 12.9. The van der Waals surface area contributed by atoms with Gasteiger partial charge in [0, 0.05) is 17.6 Å². The fourth-order valence-corrected chi connectivity index (χ4v) is 3.35. The monoisotopic (exact) mass is 284 g/mol. The summed E-state index contributed by atoms with van der Waals surface area (Å²) in [7, 11) is 0. The molecule has 1 aromatic heterocycles. The first-order valence-electron chi connectivity index (χ1n) is 7.94. The summed E-state index contributed by atoms with van der Waals surface area (Å²) >= 11 is 0. The van der Waals surface area contributed by atoms with Crippen molar-refractivity contribution in [2.75, 3.05) is 6.54 Å². The van der Waals surface area contributed by atoms with Gasteiger partial charge in [-0.2, -0.15) is 0 Å². The maximum absolute atomic E-state index is 5.79. The van der Waals surface area contributed by atoms with Crippen LogP contribution in [-0.2, 0) is 11.2 Å². The second-order valence-corrected chi connectivity index (χ2v) is 6.12. The van der Waals surface area contributed by atoms with Gasteiger partial charge in [0.15, 0.2) is 0 Å². The standard InChI is InChI=1S/C18H24N2O/c1-13-11-17(12-14(2)21-13)19-10-8-16-6-3-5-15-7-4-9-20-18(15)16/h3-7,9,13-14,17,19H,8,10-12H2,1-2H3. The highest BCUT2D eigenvalue weighted by atomic mass is 16.5. The van der Waals surface area contributed by atoms with E-state index in [1.54, 1.807) is 0 Å². The Balaban J connectivity index is 1.59. The molecule has 1 aromatic carbocycles. The molecule has 1 aliphatic heterocycles. The summed E-state index contributed by atoms with van der Waals surface area (Å²) in [6.45, 7) is 5.33. The minimum absolute atomic E-state index is 0.366. The maximum atomic E-state index is 5.79. The Morgan fingerprint density at radius 1 is 1.14 bits per heavy atom. The number of ether oxygens (including phenoxy) is 1. The van der Waals surface area contributed by atoms with Gasteiger partial charge in [0.1, 0.15) is 0 Å². The topological polar surface area (TPSA) is 34.2 Å². The molecule has 2 heterocycles. The van der Waals surface area contributed by atoms with Crippen molar-refractivity contribution in [2.45, 2.75) is 51.4 Å². The van der Waals surface area contributed by atoms with Gasteiger partial charge in [-0.3, -0.25) is 4.98 Å². The van der Waals surface area contributed by atoms with Crippen LogP contribution in [0.15, 0.2) is 36.5 Å². The molecule has 0 spiro atoms. The normalized spacial score (nSPS) is 26.1. The average Bonchev–Trinajstić information content (AvgIpc) is 2.46. The molecule has 0 aliphatic carbocycles. The summed E-state index contributed by atoms with van der Waals surface area (Å²) < 4.78 is 5.79. The van der Waals surface area contributed by atoms with Crippen molar-refractivity contribution in [1.29, 1.82) is 0 Å². The first-order chi connectivity index (χ1) is 10.2. The number of aromatic nitrogens is 1. The third-order valence-electron chi connectivity index (χ3n) is 4.24. The van der Waals surface area contributed by atoms with E-state index in [4.69, 9.17) is 4.74 Å². The number of rotatable bonds is 4. The van der Waals surface area contributed by atoms with Gasteiger partial charge in [0.2, 0.25) is 0 Å². The van der Waals surface area contributed by atoms with Crippen LogP contribution >= 0.6 is 0 Å². The van der Waals surface area contributed by atoms with Gasteiger partial charge in [0.25, 0.3) is 0 Å². The molecule has 2 aromatic rings. The Bertz CT molecular complexity index is 583. The van der Waals surface area contributed by atoms with E-state index in [2.05, 4.69) is 48.4 Å². The van der Waals surface area contributed by atoms with Gasteiger partial charge in [-0.1, -0.05) is 24.3 Å². The fourth-order valence-electron chi connectivity index (χ4n) is 3.35. The highest BCUT2D eigenvalue weighted by Gasteiger charge is 2.23. The van der Waals surface area contributed by atoms with Gasteiger partial charge < -0.3 is 10.1 Å². The Morgan fingerprint density at radius 2 is 1.90 bits per heavy atom. The van der Waals surface area contributed by atoms with Gasteiger partial charge in [-0.15, -0.1) is 0 Å². The summed E-state index contributed by atoms with van der Waals surface area (Å²) in [4.78, 5) is 4.52. The fraction of sp³-hybridized carbons (Fsp3) is 0.500. The Labute approximate surface area is 126 Å². The first-order valence-corrected chi connectivity index (χ1v) is 7.94. The molecule has 21 heavy (non-hydrogen) atoms. The van der Waals surface area contributed by atoms with E-state index < -0.39 is 0 Å². The smallest absolute Gasteiger partial charge is 0.0734 e. The van der Waals surface area contributed by atoms with Crippen LogP contribution in [0.2, 0.25) is 0 Å². The molecule has 3 rings (SSSR count). The molecule has 112 valence electrons. The van der Waals surface area contributed by atoms with Crippen LogP contribution in [0.4, 0.5) is 0 Å². The minimum Gasteiger partial charge on any atom is -0.375 e. The van der Waals surface area contributed by atoms with Crippen molar-refractivity contribution in [3.8, 4) is 0 Å². The molecule has 1 fully saturated rings. The number of pyridine rings is 1. The van der Waals surface area contributed by atoms with Gasteiger partial charge in [-0.25, -0.2) is 0 Å². The number of hydrogen-bond donors (Lipinski definition) is 1. The van der Waals surface area contributed by atoms with Crippen molar-refractivity contribution >= 4 is 10.9 Å². The molecule has 1 aliphatic rings. The van der Waals surface area contributed by atoms with Gasteiger partial charge >= 0.3 is 0 Å². The van der Waals surface area contributed by atoms with Gasteiger partial charge in [-0.05, 0) is 51.3 Å². The second kappa shape index (κ2) is 6.54. The molecule has 0 saturated carbocycles. The van der Waals surface area contributed by atoms with E-state index in [1.807, 2.05) is 12.3 Å². The van der Waals surface area contributed by atoms with Crippen LogP contribution in [-0.4, -0.2) is 29.8 Å². The van der Waals surface area contributed by atoms with E-state index in [1.165, 1.54) is 10.9 Å². The third kappa shape index (κ3) is 3.60. The molecule has 0 radical (unpaired) electrons. The first kappa shape index (κ1) is 14.5. The third-order valence-corrected chi connectivity index (χ3v) is 4.24. The van der Waals surface area contributed by atoms with E-state index >= 15 is 0 Å². The van der Waals surface area contributed by atoms with Crippen molar-refractivity contribution in [3.05, 3.63) is 42.1 Å². The maximum Gasteiger partial charge on any atom is 0.0734 e. The molecular formula is C18H24N2O. The highest BCUT2D eigenvalue weighted by Crippen LogP contribution is 2.19. The molecule has 0 bridgehead atoms. The lowest BCUT2D eigenvalue weighted by Gasteiger charge is -2.32. The summed E-state index contributed by atoms with van der Waals surface area (Å²) in [6.07, 6.45) is 5.85. The van der Waals surface area contributed by atoms with E-state index in [0.717, 1.165) is 31.3 Å². The predicted molar refractivity (Wildman–Crippen MR) is 86.5 cm³/mol. The number of nitrogens with zero attached hydrogens (tertiary/aromatic N) is 1. The lowest BCUT2D eigenvalue weighted by Crippen LogP contribution is -2.41. The van der Waals surface area contributed by atoms with Crippen LogP contribution in [0.25, 0.3) is 10.9 Å². The molecule has 0 amide bonds. The number of fused-ring (bicyclic) bond motifs is 1. The molecular weight excluding hydrogens is 260 g/mol. The minimum atomic E-state index is 0.366. The van der Waals surface area contributed by atoms with Crippen molar-refractivity contribution in [2.24, 2.45) is 0 Å². The molecule has 2 atom stereocenters. The predicted octanol–water partition coefficient (Wildman–Crippen LogP) is 3.32. The molecule has 1 saturated heterocycles. The van der Waals surface area contributed by atoms with E-state index in [0.29, 0.717) is 18.2 Å². The number of nitrogens with one attached hydrogen (secondary N) is 1. The highest BCUT2D eigenvalue weighted by molar-refractivity contribution is 5.81. The molecule has 1 N–H and O–H groups in total. The summed E-state index contributed by atoms with van der Waals surface area (Å²) in [5.74, 6) is 0. The van der Waals surface area contributed by atoms with E-state index in [9.17, 15) is 0 Å². The number of para-hydroxylation sites is 1. The van der Waals surface area contributed by atoms with Crippen LogP contribution in [0.1, 0.15) is 32.3 Å². The van der Waals surface area contributed by atoms with Gasteiger partial charge in [0.05, 0.1) is 17.7 Å². The summed E-state index contributed by atoms with van der Waals surface area (Å²) in [6, 6.07) is 11.1. The number of benzene rings is 1. The van der Waals surface area contributed by atoms with E-state index in [-0.39, 0.29) is 0 Å². The quantitative estimate of drug-likeness (QED) is 0.935. The SMILES string of the molecule is CC1CC(NCCc2cccc3cccnc23)CC(C)O1. The second-order valence-electron chi connectivity index (χ2n) is 6.12.